The summed E-state index contributed by atoms with van der Waals surface area (Å²) in [7, 11) is -1.34. The maximum atomic E-state index is 9.18. The third-order valence-electron chi connectivity index (χ3n) is 8.11. The summed E-state index contributed by atoms with van der Waals surface area (Å²) in [5, 5.41) is 18.4. The second-order valence-electron chi connectivity index (χ2n) is 8.73. The van der Waals surface area contributed by atoms with Gasteiger partial charge >= 0.3 is 7.12 Å². The number of fused-ring (bicyclic) bond motifs is 6. The molecule has 1 aromatic rings. The maximum Gasteiger partial charge on any atom is 0.488 e. The van der Waals surface area contributed by atoms with Crippen LogP contribution in [0.4, 0.5) is 0 Å². The van der Waals surface area contributed by atoms with Crippen molar-refractivity contribution >= 4 is 12.6 Å². The molecule has 0 heterocycles. The quantitative estimate of drug-likeness (QED) is 0.839. The van der Waals surface area contributed by atoms with E-state index in [-0.39, 0.29) is 0 Å². The Balaban J connectivity index is 1.07. The minimum Gasteiger partial charge on any atom is -0.423 e. The van der Waals surface area contributed by atoms with Gasteiger partial charge in [-0.05, 0) is 90.0 Å². The lowest BCUT2D eigenvalue weighted by Gasteiger charge is -2.32. The van der Waals surface area contributed by atoms with Gasteiger partial charge in [-0.3, -0.25) is 0 Å². The van der Waals surface area contributed by atoms with Gasteiger partial charge in [0.2, 0.25) is 0 Å². The Hall–Kier alpha value is -0.795. The Morgan fingerprint density at radius 2 is 1.55 bits per heavy atom. The number of hydrogen-bond donors (Lipinski definition) is 2. The summed E-state index contributed by atoms with van der Waals surface area (Å²) in [5.41, 5.74) is 2.98. The molecular weight excluding hydrogens is 271 g/mol. The Bertz CT molecular complexity index is 611. The van der Waals surface area contributed by atoms with Gasteiger partial charge in [0.15, 0.2) is 0 Å². The van der Waals surface area contributed by atoms with Crippen LogP contribution in [0.2, 0.25) is 0 Å². The highest BCUT2D eigenvalue weighted by Crippen LogP contribution is 3.05. The van der Waals surface area contributed by atoms with Crippen LogP contribution in [0.15, 0.2) is 24.3 Å². The third kappa shape index (κ3) is 1.41. The largest absolute Gasteiger partial charge is 0.488 e. The summed E-state index contributed by atoms with van der Waals surface area (Å²) in [5.74, 6) is 7.70. The van der Waals surface area contributed by atoms with Crippen molar-refractivity contribution in [2.45, 2.75) is 38.0 Å². The minimum atomic E-state index is -1.34. The van der Waals surface area contributed by atoms with Crippen molar-refractivity contribution in [2.75, 3.05) is 0 Å². The molecule has 1 aromatic carbocycles. The summed E-state index contributed by atoms with van der Waals surface area (Å²) in [6, 6.07) is 7.93. The van der Waals surface area contributed by atoms with E-state index in [9.17, 15) is 10.0 Å². The lowest BCUT2D eigenvalue weighted by atomic mass is 9.72. The molecule has 0 amide bonds. The SMILES string of the molecule is OB(O)c1ccc(C2CCC(C3C4C3C43C4CC43)CC2)cc1. The molecule has 5 saturated carbocycles. The Morgan fingerprint density at radius 1 is 0.909 bits per heavy atom. The summed E-state index contributed by atoms with van der Waals surface area (Å²) < 4.78 is 0. The zero-order valence-electron chi connectivity index (χ0n) is 12.9. The molecule has 1 spiro atoms. The van der Waals surface area contributed by atoms with Crippen molar-refractivity contribution in [3.05, 3.63) is 29.8 Å². The van der Waals surface area contributed by atoms with Crippen LogP contribution in [-0.2, 0) is 0 Å². The van der Waals surface area contributed by atoms with Gasteiger partial charge < -0.3 is 10.0 Å². The standard InChI is InChI=1S/C19H23BO2/c21-20(22)13-7-5-11(6-8-13)10-1-3-12(4-2-10)16-17-18(16)19(17)14-9-15(14)19/h5-8,10,12,14-18,21-22H,1-4,9H2. The monoisotopic (exact) mass is 294 g/mol. The second kappa shape index (κ2) is 3.81. The van der Waals surface area contributed by atoms with E-state index in [1.807, 2.05) is 12.1 Å². The van der Waals surface area contributed by atoms with Crippen molar-refractivity contribution in [2.24, 2.45) is 40.9 Å². The van der Waals surface area contributed by atoms with Crippen molar-refractivity contribution < 1.29 is 10.0 Å². The first kappa shape index (κ1) is 12.6. The van der Waals surface area contributed by atoms with Crippen molar-refractivity contribution in [1.29, 1.82) is 0 Å². The highest BCUT2D eigenvalue weighted by atomic mass is 16.4. The van der Waals surface area contributed by atoms with Crippen molar-refractivity contribution in [3.8, 4) is 0 Å². The molecule has 0 aliphatic heterocycles. The highest BCUT2D eigenvalue weighted by Gasteiger charge is 3.01. The lowest BCUT2D eigenvalue weighted by molar-refractivity contribution is 0.210. The zero-order chi connectivity index (χ0) is 14.6. The Labute approximate surface area is 132 Å². The minimum absolute atomic E-state index is 0.601. The first-order valence-electron chi connectivity index (χ1n) is 9.19. The van der Waals surface area contributed by atoms with Gasteiger partial charge in [0.25, 0.3) is 0 Å². The highest BCUT2D eigenvalue weighted by molar-refractivity contribution is 6.58. The average Bonchev–Trinajstić information content (AvgIpc) is 3.33. The van der Waals surface area contributed by atoms with Gasteiger partial charge in [0.1, 0.15) is 0 Å². The first-order chi connectivity index (χ1) is 10.7. The average molecular weight is 294 g/mol. The molecule has 22 heavy (non-hydrogen) atoms. The molecule has 4 atom stereocenters. The molecule has 6 rings (SSSR count). The fourth-order valence-electron chi connectivity index (χ4n) is 6.75. The first-order valence-corrected chi connectivity index (χ1v) is 9.19. The molecule has 2 nitrogen and oxygen atoms in total. The van der Waals surface area contributed by atoms with E-state index < -0.39 is 7.12 Å². The lowest BCUT2D eigenvalue weighted by Crippen LogP contribution is -2.29. The smallest absolute Gasteiger partial charge is 0.423 e. The maximum absolute atomic E-state index is 9.18. The number of rotatable bonds is 3. The molecule has 114 valence electrons. The van der Waals surface area contributed by atoms with E-state index in [4.69, 9.17) is 0 Å². The second-order valence-corrected chi connectivity index (χ2v) is 8.73. The zero-order valence-corrected chi connectivity index (χ0v) is 12.9. The summed E-state index contributed by atoms with van der Waals surface area (Å²) in [6.07, 6.45) is 7.12. The molecule has 2 N–H and O–H groups in total. The van der Waals surface area contributed by atoms with E-state index in [0.717, 1.165) is 17.3 Å². The van der Waals surface area contributed by atoms with Gasteiger partial charge in [0.05, 0.1) is 0 Å². The summed E-state index contributed by atoms with van der Waals surface area (Å²) in [6.45, 7) is 0. The number of hydrogen-bond acceptors (Lipinski definition) is 2. The summed E-state index contributed by atoms with van der Waals surface area (Å²) >= 11 is 0. The molecule has 4 unspecified atom stereocenters. The molecule has 0 bridgehead atoms. The van der Waals surface area contributed by atoms with Gasteiger partial charge in [-0.2, -0.15) is 0 Å². The van der Waals surface area contributed by atoms with Gasteiger partial charge in [0, 0.05) is 0 Å². The molecule has 0 radical (unpaired) electrons. The Morgan fingerprint density at radius 3 is 2.05 bits per heavy atom. The topological polar surface area (TPSA) is 40.5 Å². The van der Waals surface area contributed by atoms with Crippen LogP contribution in [0, 0.1) is 40.9 Å². The molecular formula is C19H23BO2. The van der Waals surface area contributed by atoms with E-state index in [1.54, 1.807) is 6.42 Å². The van der Waals surface area contributed by atoms with Crippen LogP contribution in [0.3, 0.4) is 0 Å². The van der Waals surface area contributed by atoms with Gasteiger partial charge in [-0.25, -0.2) is 0 Å². The van der Waals surface area contributed by atoms with E-state index in [0.29, 0.717) is 11.4 Å². The fraction of sp³-hybridized carbons (Fsp3) is 0.684. The van der Waals surface area contributed by atoms with E-state index in [1.165, 1.54) is 54.9 Å². The predicted octanol–water partition coefficient (Wildman–Crippen LogP) is 2.15. The molecule has 0 aromatic heterocycles. The van der Waals surface area contributed by atoms with E-state index >= 15 is 0 Å². The molecule has 5 aliphatic carbocycles. The molecule has 5 fully saturated rings. The van der Waals surface area contributed by atoms with E-state index in [2.05, 4.69) is 12.1 Å². The van der Waals surface area contributed by atoms with Gasteiger partial charge in [-0.15, -0.1) is 0 Å². The van der Waals surface area contributed by atoms with Crippen LogP contribution in [0.1, 0.15) is 43.6 Å². The Kier molecular flexibility index (Phi) is 2.19. The summed E-state index contributed by atoms with van der Waals surface area (Å²) in [4.78, 5) is 0. The van der Waals surface area contributed by atoms with Crippen LogP contribution < -0.4 is 5.46 Å². The molecule has 0 saturated heterocycles. The molecule has 5 aliphatic rings. The van der Waals surface area contributed by atoms with Crippen LogP contribution in [-0.4, -0.2) is 17.2 Å². The number of benzene rings is 1. The van der Waals surface area contributed by atoms with Crippen molar-refractivity contribution in [3.63, 3.8) is 0 Å². The predicted molar refractivity (Wildman–Crippen MR) is 85.5 cm³/mol. The fourth-order valence-corrected chi connectivity index (χ4v) is 6.75. The third-order valence-corrected chi connectivity index (χ3v) is 8.11. The van der Waals surface area contributed by atoms with Crippen LogP contribution in [0.25, 0.3) is 0 Å². The molecule has 3 heteroatoms. The van der Waals surface area contributed by atoms with Crippen LogP contribution >= 0.6 is 0 Å². The van der Waals surface area contributed by atoms with Crippen molar-refractivity contribution in [1.82, 2.24) is 0 Å². The normalized spacial score (nSPS) is 52.7. The van der Waals surface area contributed by atoms with Crippen LogP contribution in [0.5, 0.6) is 0 Å². The van der Waals surface area contributed by atoms with Gasteiger partial charge in [-0.1, -0.05) is 24.3 Å².